The molecule has 0 aromatic heterocycles. The third-order valence-electron chi connectivity index (χ3n) is 6.86. The monoisotopic (exact) mass is 519 g/mol. The fourth-order valence-corrected chi connectivity index (χ4v) is 5.74. The number of carboxylic acid groups (broad SMARTS) is 1. The third-order valence-corrected chi connectivity index (χ3v) is 7.45. The summed E-state index contributed by atoms with van der Waals surface area (Å²) in [5.74, 6) is 0.979. The maximum atomic E-state index is 11.7. The molecule has 3 aromatic rings. The second-order valence-corrected chi connectivity index (χ2v) is 9.65. The quantitative estimate of drug-likeness (QED) is 0.347. The van der Waals surface area contributed by atoms with Crippen LogP contribution in [0.5, 0.6) is 11.5 Å². The molecule has 5 rings (SSSR count). The van der Waals surface area contributed by atoms with Crippen LogP contribution < -0.4 is 14.8 Å². The standard InChI is InChI=1S/C28H26BrNO4/c1-16-19(28(31)32)11-12-22-20-9-6-10-21(20)26(30-25(16)22)18-13-23(29)27(24(14-18)33-2)34-15-17-7-4-3-5-8-17/h3-9,11-14,20-21,26,30H,10,15H2,1-2H3,(H,31,32)/t20-,21-,26-/m0/s1. The fraction of sp³-hybridized carbons (Fsp3) is 0.250. The number of fused-ring (bicyclic) bond motifs is 3. The van der Waals surface area contributed by atoms with Crippen LogP contribution in [0.3, 0.4) is 0 Å². The van der Waals surface area contributed by atoms with Crippen molar-refractivity contribution in [2.75, 3.05) is 12.4 Å². The topological polar surface area (TPSA) is 67.8 Å². The van der Waals surface area contributed by atoms with E-state index in [4.69, 9.17) is 9.47 Å². The highest BCUT2D eigenvalue weighted by Crippen LogP contribution is 2.52. The second kappa shape index (κ2) is 9.18. The Morgan fingerprint density at radius 3 is 2.71 bits per heavy atom. The van der Waals surface area contributed by atoms with Crippen LogP contribution >= 0.6 is 15.9 Å². The van der Waals surface area contributed by atoms with Crippen molar-refractivity contribution in [1.82, 2.24) is 0 Å². The van der Waals surface area contributed by atoms with Gasteiger partial charge in [0.05, 0.1) is 23.2 Å². The van der Waals surface area contributed by atoms with Gasteiger partial charge in [-0.05, 0) is 75.6 Å². The van der Waals surface area contributed by atoms with E-state index in [1.54, 1.807) is 13.2 Å². The Morgan fingerprint density at radius 1 is 1.18 bits per heavy atom. The number of benzene rings is 3. The first-order chi connectivity index (χ1) is 16.5. The molecule has 0 radical (unpaired) electrons. The molecule has 5 nitrogen and oxygen atoms in total. The molecule has 0 amide bonds. The minimum Gasteiger partial charge on any atom is -0.493 e. The van der Waals surface area contributed by atoms with Crippen LogP contribution in [-0.2, 0) is 6.61 Å². The average molecular weight is 520 g/mol. The lowest BCUT2D eigenvalue weighted by molar-refractivity contribution is 0.0696. The molecule has 1 aliphatic heterocycles. The van der Waals surface area contributed by atoms with Gasteiger partial charge in [-0.2, -0.15) is 0 Å². The van der Waals surface area contributed by atoms with Crippen molar-refractivity contribution >= 4 is 27.6 Å². The normalized spacial score (nSPS) is 20.3. The van der Waals surface area contributed by atoms with Gasteiger partial charge in [-0.15, -0.1) is 0 Å². The van der Waals surface area contributed by atoms with Crippen LogP contribution in [-0.4, -0.2) is 18.2 Å². The van der Waals surface area contributed by atoms with Gasteiger partial charge >= 0.3 is 5.97 Å². The number of nitrogens with one attached hydrogen (secondary N) is 1. The highest BCUT2D eigenvalue weighted by Gasteiger charge is 2.39. The minimum absolute atomic E-state index is 0.00335. The van der Waals surface area contributed by atoms with E-state index in [1.165, 1.54) is 0 Å². The summed E-state index contributed by atoms with van der Waals surface area (Å²) in [5, 5.41) is 13.3. The number of halogens is 1. The van der Waals surface area contributed by atoms with Crippen molar-refractivity contribution in [1.29, 1.82) is 0 Å². The zero-order chi connectivity index (χ0) is 23.8. The summed E-state index contributed by atoms with van der Waals surface area (Å²) in [5.41, 5.74) is 5.32. The van der Waals surface area contributed by atoms with Gasteiger partial charge in [-0.25, -0.2) is 4.79 Å². The number of methoxy groups -OCH3 is 1. The number of allylic oxidation sites excluding steroid dienone is 2. The van der Waals surface area contributed by atoms with Gasteiger partial charge in [0.2, 0.25) is 0 Å². The number of rotatable bonds is 6. The predicted molar refractivity (Wildman–Crippen MR) is 136 cm³/mol. The van der Waals surface area contributed by atoms with E-state index >= 15 is 0 Å². The number of carboxylic acids is 1. The van der Waals surface area contributed by atoms with E-state index in [2.05, 4.69) is 39.5 Å². The Bertz CT molecular complexity index is 1270. The van der Waals surface area contributed by atoms with E-state index < -0.39 is 5.97 Å². The van der Waals surface area contributed by atoms with Crippen molar-refractivity contribution in [3.8, 4) is 11.5 Å². The highest BCUT2D eigenvalue weighted by atomic mass is 79.9. The average Bonchev–Trinajstić information content (AvgIpc) is 3.33. The second-order valence-electron chi connectivity index (χ2n) is 8.79. The molecular formula is C28H26BrNO4. The number of anilines is 1. The van der Waals surface area contributed by atoms with Crippen molar-refractivity contribution in [3.05, 3.63) is 99.0 Å². The Morgan fingerprint density at radius 2 is 1.97 bits per heavy atom. The molecule has 3 aromatic carbocycles. The molecule has 1 heterocycles. The molecule has 2 N–H and O–H groups in total. The maximum absolute atomic E-state index is 11.7. The van der Waals surface area contributed by atoms with Crippen LogP contribution in [0.25, 0.3) is 0 Å². The molecule has 1 aliphatic carbocycles. The van der Waals surface area contributed by atoms with E-state index in [9.17, 15) is 9.90 Å². The van der Waals surface area contributed by atoms with Crippen molar-refractivity contribution in [2.45, 2.75) is 31.9 Å². The van der Waals surface area contributed by atoms with E-state index in [-0.39, 0.29) is 12.0 Å². The number of carbonyl (C=O) groups is 1. The zero-order valence-corrected chi connectivity index (χ0v) is 20.6. The molecule has 174 valence electrons. The largest absolute Gasteiger partial charge is 0.493 e. The molecule has 2 aliphatic rings. The van der Waals surface area contributed by atoms with E-state index in [1.807, 2.05) is 49.4 Å². The number of ether oxygens (including phenoxy) is 2. The minimum atomic E-state index is -0.910. The molecule has 0 bridgehead atoms. The molecule has 6 heteroatoms. The molecule has 0 saturated heterocycles. The van der Waals surface area contributed by atoms with Crippen LogP contribution in [0.15, 0.2) is 71.2 Å². The first kappa shape index (κ1) is 22.5. The summed E-state index contributed by atoms with van der Waals surface area (Å²) < 4.78 is 12.7. The molecule has 0 saturated carbocycles. The first-order valence-electron chi connectivity index (χ1n) is 11.3. The van der Waals surface area contributed by atoms with Crippen LogP contribution in [0, 0.1) is 12.8 Å². The molecular weight excluding hydrogens is 494 g/mol. The molecule has 3 atom stereocenters. The lowest BCUT2D eigenvalue weighted by Gasteiger charge is -2.39. The van der Waals surface area contributed by atoms with Gasteiger partial charge in [-0.3, -0.25) is 0 Å². The molecule has 0 fully saturated rings. The zero-order valence-electron chi connectivity index (χ0n) is 19.0. The van der Waals surface area contributed by atoms with Gasteiger partial charge in [0.15, 0.2) is 11.5 Å². The van der Waals surface area contributed by atoms with Crippen LogP contribution in [0.2, 0.25) is 0 Å². The number of hydrogen-bond acceptors (Lipinski definition) is 4. The van der Waals surface area contributed by atoms with Crippen molar-refractivity contribution in [3.63, 3.8) is 0 Å². The fourth-order valence-electron chi connectivity index (χ4n) is 5.17. The third kappa shape index (κ3) is 3.96. The van der Waals surface area contributed by atoms with Gasteiger partial charge in [0.1, 0.15) is 6.61 Å². The highest BCUT2D eigenvalue weighted by molar-refractivity contribution is 9.10. The summed E-state index contributed by atoms with van der Waals surface area (Å²) in [6.45, 7) is 2.32. The van der Waals surface area contributed by atoms with Crippen LogP contribution in [0.1, 0.15) is 51.0 Å². The summed E-state index contributed by atoms with van der Waals surface area (Å²) in [6.07, 6.45) is 5.43. The SMILES string of the molecule is COc1cc([C@@H]2Nc3c(ccc(C(=O)O)c3C)[C@H]3C=CC[C@@H]32)cc(Br)c1OCc1ccccc1. The molecule has 34 heavy (non-hydrogen) atoms. The van der Waals surface area contributed by atoms with E-state index in [0.717, 1.165) is 38.8 Å². The van der Waals surface area contributed by atoms with Gasteiger partial charge < -0.3 is 19.9 Å². The molecule has 0 spiro atoms. The van der Waals surface area contributed by atoms with Crippen LogP contribution in [0.4, 0.5) is 5.69 Å². The Hall–Kier alpha value is -3.25. The summed E-state index contributed by atoms with van der Waals surface area (Å²) in [7, 11) is 1.65. The lowest BCUT2D eigenvalue weighted by Crippen LogP contribution is -2.30. The van der Waals surface area contributed by atoms with Gasteiger partial charge in [0, 0.05) is 11.6 Å². The Kier molecular flexibility index (Phi) is 6.09. The van der Waals surface area contributed by atoms with Crippen molar-refractivity contribution < 1.29 is 19.4 Å². The lowest BCUT2D eigenvalue weighted by atomic mass is 9.76. The van der Waals surface area contributed by atoms with Gasteiger partial charge in [0.25, 0.3) is 0 Å². The number of hydrogen-bond donors (Lipinski definition) is 2. The predicted octanol–water partition coefficient (Wildman–Crippen LogP) is 6.87. The summed E-state index contributed by atoms with van der Waals surface area (Å²) >= 11 is 3.70. The Labute approximate surface area is 207 Å². The Balaban J connectivity index is 1.50. The van der Waals surface area contributed by atoms with Crippen molar-refractivity contribution in [2.24, 2.45) is 5.92 Å². The van der Waals surface area contributed by atoms with E-state index in [0.29, 0.717) is 29.6 Å². The maximum Gasteiger partial charge on any atom is 0.336 e. The summed E-state index contributed by atoms with van der Waals surface area (Å²) in [4.78, 5) is 11.7. The first-order valence-corrected chi connectivity index (χ1v) is 12.1. The molecule has 0 unspecified atom stereocenters. The van der Waals surface area contributed by atoms with Gasteiger partial charge in [-0.1, -0.05) is 48.6 Å². The smallest absolute Gasteiger partial charge is 0.336 e. The number of aromatic carboxylic acids is 1. The summed E-state index contributed by atoms with van der Waals surface area (Å²) in [6, 6.07) is 17.8.